The number of amides is 2. The molecular formula is C26H38N4O2S. The molecule has 180 valence electrons. The first kappa shape index (κ1) is 22.9. The van der Waals surface area contributed by atoms with Crippen molar-refractivity contribution in [2.75, 3.05) is 26.2 Å². The summed E-state index contributed by atoms with van der Waals surface area (Å²) >= 11 is 1.66. The zero-order chi connectivity index (χ0) is 23.0. The number of thiophene rings is 1. The van der Waals surface area contributed by atoms with E-state index in [1.54, 1.807) is 11.3 Å². The highest BCUT2D eigenvalue weighted by molar-refractivity contribution is 7.17. The first-order valence-electron chi connectivity index (χ1n) is 12.9. The summed E-state index contributed by atoms with van der Waals surface area (Å²) in [6.45, 7) is 8.42. The number of hydrogen-bond acceptors (Lipinski definition) is 4. The van der Waals surface area contributed by atoms with Crippen molar-refractivity contribution < 1.29 is 9.59 Å². The molecule has 7 heteroatoms. The molecular weight excluding hydrogens is 432 g/mol. The van der Waals surface area contributed by atoms with Gasteiger partial charge in [-0.3, -0.25) is 9.59 Å². The summed E-state index contributed by atoms with van der Waals surface area (Å²) in [5.41, 5.74) is 0.915. The quantitative estimate of drug-likeness (QED) is 0.701. The van der Waals surface area contributed by atoms with Crippen molar-refractivity contribution in [2.45, 2.75) is 83.3 Å². The topological polar surface area (TPSA) is 57.6 Å². The first-order chi connectivity index (χ1) is 16.0. The van der Waals surface area contributed by atoms with Crippen LogP contribution in [0.5, 0.6) is 0 Å². The number of hydrogen-bond donors (Lipinski definition) is 1. The Kier molecular flexibility index (Phi) is 6.54. The van der Waals surface area contributed by atoms with Gasteiger partial charge in [0.2, 0.25) is 5.91 Å². The molecule has 33 heavy (non-hydrogen) atoms. The standard InChI is InChI=1S/C26H38N4O2S/c1-19-7-9-20(10-8-19)27-25(32)26(2)18-29-21-11-16-33-23(21)17-22(29)24(31)30(26)15-14-28-12-5-3-4-6-13-28/h11,16-17,19-20H,3-10,12-15,18H2,1-2H3,(H,27,32)/t19?,20?,26-/m0/s1. The van der Waals surface area contributed by atoms with Crippen LogP contribution in [-0.2, 0) is 11.3 Å². The largest absolute Gasteiger partial charge is 0.351 e. The van der Waals surface area contributed by atoms with E-state index >= 15 is 0 Å². The van der Waals surface area contributed by atoms with Gasteiger partial charge >= 0.3 is 0 Å². The van der Waals surface area contributed by atoms with Gasteiger partial charge in [-0.25, -0.2) is 0 Å². The highest BCUT2D eigenvalue weighted by Crippen LogP contribution is 2.35. The summed E-state index contributed by atoms with van der Waals surface area (Å²) in [4.78, 5) is 32.0. The fraction of sp³-hybridized carbons (Fsp3) is 0.692. The molecule has 1 saturated carbocycles. The van der Waals surface area contributed by atoms with Crippen molar-refractivity contribution in [3.8, 4) is 0 Å². The van der Waals surface area contributed by atoms with Crippen LogP contribution in [0.15, 0.2) is 17.5 Å². The number of carbonyl (C=O) groups excluding carboxylic acids is 2. The number of likely N-dealkylation sites (tertiary alicyclic amines) is 1. The Morgan fingerprint density at radius 2 is 1.85 bits per heavy atom. The van der Waals surface area contributed by atoms with E-state index in [0.29, 0.717) is 13.1 Å². The van der Waals surface area contributed by atoms with Crippen LogP contribution in [-0.4, -0.2) is 63.9 Å². The van der Waals surface area contributed by atoms with Gasteiger partial charge in [0.15, 0.2) is 0 Å². The van der Waals surface area contributed by atoms with Gasteiger partial charge in [0, 0.05) is 19.1 Å². The van der Waals surface area contributed by atoms with Crippen LogP contribution < -0.4 is 5.32 Å². The Labute approximate surface area is 201 Å². The van der Waals surface area contributed by atoms with Crippen LogP contribution in [0.2, 0.25) is 0 Å². The van der Waals surface area contributed by atoms with E-state index in [2.05, 4.69) is 33.2 Å². The molecule has 1 N–H and O–H groups in total. The van der Waals surface area contributed by atoms with Gasteiger partial charge in [-0.2, -0.15) is 0 Å². The molecule has 0 bridgehead atoms. The molecule has 0 spiro atoms. The lowest BCUT2D eigenvalue weighted by Crippen LogP contribution is -2.65. The van der Waals surface area contributed by atoms with Crippen LogP contribution in [0.25, 0.3) is 10.2 Å². The molecule has 2 aliphatic heterocycles. The molecule has 3 aliphatic rings. The van der Waals surface area contributed by atoms with E-state index in [1.807, 2.05) is 17.9 Å². The van der Waals surface area contributed by atoms with E-state index in [-0.39, 0.29) is 17.9 Å². The third-order valence-corrected chi connectivity index (χ3v) is 9.08. The zero-order valence-electron chi connectivity index (χ0n) is 20.1. The monoisotopic (exact) mass is 470 g/mol. The molecule has 0 aromatic carbocycles. The third-order valence-electron chi connectivity index (χ3n) is 8.23. The Bertz CT molecular complexity index is 997. The fourth-order valence-corrected chi connectivity index (χ4v) is 6.79. The van der Waals surface area contributed by atoms with Gasteiger partial charge in [-0.05, 0) is 82.0 Å². The van der Waals surface area contributed by atoms with Gasteiger partial charge in [0.05, 0.1) is 16.8 Å². The Morgan fingerprint density at radius 3 is 2.58 bits per heavy atom. The number of nitrogens with zero attached hydrogens (tertiary/aromatic N) is 3. The van der Waals surface area contributed by atoms with E-state index < -0.39 is 5.54 Å². The molecule has 2 amide bonds. The second-order valence-electron chi connectivity index (χ2n) is 10.7. The maximum absolute atomic E-state index is 13.8. The third kappa shape index (κ3) is 4.46. The van der Waals surface area contributed by atoms with Crippen molar-refractivity contribution in [1.82, 2.24) is 19.7 Å². The van der Waals surface area contributed by atoms with Gasteiger partial charge in [-0.1, -0.05) is 19.8 Å². The lowest BCUT2D eigenvalue weighted by molar-refractivity contribution is -0.134. The molecule has 1 saturated heterocycles. The summed E-state index contributed by atoms with van der Waals surface area (Å²) in [7, 11) is 0. The molecule has 5 rings (SSSR count). The van der Waals surface area contributed by atoms with Crippen molar-refractivity contribution in [1.29, 1.82) is 0 Å². The van der Waals surface area contributed by atoms with E-state index in [0.717, 1.165) is 67.1 Å². The molecule has 0 radical (unpaired) electrons. The molecule has 2 fully saturated rings. The van der Waals surface area contributed by atoms with E-state index in [4.69, 9.17) is 0 Å². The van der Waals surface area contributed by atoms with Gasteiger partial charge < -0.3 is 19.7 Å². The summed E-state index contributed by atoms with van der Waals surface area (Å²) in [6, 6.07) is 4.31. The number of aromatic nitrogens is 1. The Balaban J connectivity index is 1.40. The minimum atomic E-state index is -0.882. The Morgan fingerprint density at radius 1 is 1.12 bits per heavy atom. The number of nitrogens with one attached hydrogen (secondary N) is 1. The summed E-state index contributed by atoms with van der Waals surface area (Å²) in [5.74, 6) is 0.743. The van der Waals surface area contributed by atoms with Gasteiger partial charge in [0.1, 0.15) is 11.2 Å². The molecule has 6 nitrogen and oxygen atoms in total. The second kappa shape index (κ2) is 9.41. The zero-order valence-corrected chi connectivity index (χ0v) is 21.0. The SMILES string of the molecule is CC1CCC(NC(=O)[C@]2(C)Cn3c(cc4sccc43)C(=O)N2CCN2CCCCCC2)CC1. The van der Waals surface area contributed by atoms with Crippen LogP contribution in [0.3, 0.4) is 0 Å². The van der Waals surface area contributed by atoms with Crippen molar-refractivity contribution in [3.05, 3.63) is 23.2 Å². The number of rotatable bonds is 5. The normalized spacial score (nSPS) is 29.2. The van der Waals surface area contributed by atoms with Crippen LogP contribution in [0.1, 0.15) is 75.7 Å². The lowest BCUT2D eigenvalue weighted by atomic mass is 9.86. The molecule has 4 heterocycles. The van der Waals surface area contributed by atoms with Gasteiger partial charge in [-0.15, -0.1) is 11.3 Å². The molecule has 2 aromatic rings. The number of carbonyl (C=O) groups is 2. The first-order valence-corrected chi connectivity index (χ1v) is 13.8. The second-order valence-corrected chi connectivity index (χ2v) is 11.7. The maximum atomic E-state index is 13.8. The lowest BCUT2D eigenvalue weighted by Gasteiger charge is -2.45. The highest BCUT2D eigenvalue weighted by Gasteiger charge is 2.48. The predicted molar refractivity (Wildman–Crippen MR) is 134 cm³/mol. The summed E-state index contributed by atoms with van der Waals surface area (Å²) < 4.78 is 3.20. The molecule has 2 aromatic heterocycles. The number of fused-ring (bicyclic) bond motifs is 3. The highest BCUT2D eigenvalue weighted by atomic mass is 32.1. The minimum absolute atomic E-state index is 0.00520. The summed E-state index contributed by atoms with van der Waals surface area (Å²) in [5, 5.41) is 5.42. The molecule has 1 atom stereocenters. The van der Waals surface area contributed by atoms with Gasteiger partial charge in [0.25, 0.3) is 5.91 Å². The van der Waals surface area contributed by atoms with Crippen LogP contribution >= 0.6 is 11.3 Å². The average Bonchev–Trinajstić information content (AvgIpc) is 3.29. The minimum Gasteiger partial charge on any atom is -0.351 e. The smallest absolute Gasteiger partial charge is 0.271 e. The summed E-state index contributed by atoms with van der Waals surface area (Å²) in [6.07, 6.45) is 9.44. The molecule has 1 aliphatic carbocycles. The van der Waals surface area contributed by atoms with Crippen LogP contribution in [0, 0.1) is 5.92 Å². The van der Waals surface area contributed by atoms with E-state index in [1.165, 1.54) is 25.7 Å². The van der Waals surface area contributed by atoms with Crippen molar-refractivity contribution in [2.24, 2.45) is 5.92 Å². The van der Waals surface area contributed by atoms with Crippen molar-refractivity contribution in [3.63, 3.8) is 0 Å². The average molecular weight is 471 g/mol. The van der Waals surface area contributed by atoms with Crippen LogP contribution in [0.4, 0.5) is 0 Å². The predicted octanol–water partition coefficient (Wildman–Crippen LogP) is 4.49. The Hall–Kier alpha value is -1.86. The molecule has 0 unspecified atom stereocenters. The fourth-order valence-electron chi connectivity index (χ4n) is 5.97. The van der Waals surface area contributed by atoms with E-state index in [9.17, 15) is 9.59 Å². The van der Waals surface area contributed by atoms with Crippen molar-refractivity contribution >= 4 is 33.4 Å². The maximum Gasteiger partial charge on any atom is 0.271 e.